The molecule has 0 aliphatic heterocycles. The van der Waals surface area contributed by atoms with Gasteiger partial charge in [-0.1, -0.05) is 12.1 Å². The van der Waals surface area contributed by atoms with Crippen molar-refractivity contribution in [3.8, 4) is 10.6 Å². The van der Waals surface area contributed by atoms with Gasteiger partial charge in [0.2, 0.25) is 0 Å². The Morgan fingerprint density at radius 3 is 2.21 bits per heavy atom. The highest BCUT2D eigenvalue weighted by molar-refractivity contribution is 7.13. The number of carbonyl (C=O) groups is 1. The van der Waals surface area contributed by atoms with Crippen LogP contribution in [0, 0.1) is 0 Å². The van der Waals surface area contributed by atoms with Crippen LogP contribution in [0.15, 0.2) is 60.1 Å². The number of carbonyl (C=O) groups excluding carboxylic acids is 1. The van der Waals surface area contributed by atoms with Gasteiger partial charge in [-0.05, 0) is 42.0 Å². The maximum Gasteiger partial charge on any atom is 0.323 e. The van der Waals surface area contributed by atoms with Gasteiger partial charge in [-0.15, -0.1) is 11.3 Å². The zero-order chi connectivity index (χ0) is 16.8. The first kappa shape index (κ1) is 16.2. The van der Waals surface area contributed by atoms with Crippen molar-refractivity contribution in [2.45, 2.75) is 6.61 Å². The molecular weight excluding hydrogens is 322 g/mol. The fourth-order valence-corrected chi connectivity index (χ4v) is 2.85. The third-order valence-corrected chi connectivity index (χ3v) is 4.17. The number of ether oxygens (including phenoxy) is 1. The number of nitrogens with one attached hydrogen (secondary N) is 2. The number of anilines is 2. The quantitative estimate of drug-likeness (QED) is 0.714. The van der Waals surface area contributed by atoms with E-state index in [4.69, 9.17) is 4.74 Å². The van der Waals surface area contributed by atoms with E-state index in [1.54, 1.807) is 24.6 Å². The molecule has 122 valence electrons. The van der Waals surface area contributed by atoms with E-state index in [1.807, 2.05) is 53.9 Å². The van der Waals surface area contributed by atoms with Crippen LogP contribution in [-0.4, -0.2) is 18.1 Å². The topological polar surface area (TPSA) is 63.2 Å². The summed E-state index contributed by atoms with van der Waals surface area (Å²) in [5.74, 6) is 0. The van der Waals surface area contributed by atoms with Crippen molar-refractivity contribution in [1.29, 1.82) is 0 Å². The summed E-state index contributed by atoms with van der Waals surface area (Å²) in [7, 11) is 1.65. The van der Waals surface area contributed by atoms with Crippen molar-refractivity contribution in [1.82, 2.24) is 4.98 Å². The van der Waals surface area contributed by atoms with Crippen molar-refractivity contribution >= 4 is 28.7 Å². The molecule has 0 unspecified atom stereocenters. The lowest BCUT2D eigenvalue weighted by Gasteiger charge is -2.09. The van der Waals surface area contributed by atoms with Gasteiger partial charge < -0.3 is 15.4 Å². The second-order valence-corrected chi connectivity index (χ2v) is 6.02. The smallest absolute Gasteiger partial charge is 0.323 e. The fraction of sp³-hybridized carbons (Fsp3) is 0.111. The molecule has 0 radical (unpaired) electrons. The van der Waals surface area contributed by atoms with Gasteiger partial charge in [0.05, 0.1) is 6.61 Å². The van der Waals surface area contributed by atoms with Gasteiger partial charge in [-0.3, -0.25) is 0 Å². The zero-order valence-corrected chi connectivity index (χ0v) is 14.0. The Labute approximate surface area is 144 Å². The summed E-state index contributed by atoms with van der Waals surface area (Å²) in [6.07, 6.45) is 1.78. The Morgan fingerprint density at radius 2 is 1.67 bits per heavy atom. The number of urea groups is 1. The van der Waals surface area contributed by atoms with E-state index >= 15 is 0 Å². The predicted molar refractivity (Wildman–Crippen MR) is 97.3 cm³/mol. The van der Waals surface area contributed by atoms with Crippen LogP contribution in [0.5, 0.6) is 0 Å². The van der Waals surface area contributed by atoms with Gasteiger partial charge in [0.15, 0.2) is 0 Å². The van der Waals surface area contributed by atoms with Crippen LogP contribution in [0.2, 0.25) is 0 Å². The highest BCUT2D eigenvalue weighted by atomic mass is 32.1. The molecule has 0 saturated heterocycles. The van der Waals surface area contributed by atoms with Crippen molar-refractivity contribution < 1.29 is 9.53 Å². The monoisotopic (exact) mass is 339 g/mol. The maximum atomic E-state index is 12.0. The minimum atomic E-state index is -0.281. The number of hydrogen-bond donors (Lipinski definition) is 2. The first-order valence-electron chi connectivity index (χ1n) is 7.40. The fourth-order valence-electron chi connectivity index (χ4n) is 2.21. The van der Waals surface area contributed by atoms with Gasteiger partial charge in [0.25, 0.3) is 0 Å². The third-order valence-electron chi connectivity index (χ3n) is 3.34. The lowest BCUT2D eigenvalue weighted by molar-refractivity contribution is 0.185. The molecule has 1 heterocycles. The second-order valence-electron chi connectivity index (χ2n) is 5.12. The molecule has 3 rings (SSSR count). The molecule has 0 aliphatic carbocycles. The molecule has 1 aromatic heterocycles. The molecule has 6 heteroatoms. The standard InChI is InChI=1S/C18H17N3O2S/c1-23-12-13-2-6-15(7-3-13)20-18(22)21-16-8-4-14(5-9-16)17-19-10-11-24-17/h2-11H,12H2,1H3,(H2,20,21,22). The van der Waals surface area contributed by atoms with Crippen LogP contribution in [0.1, 0.15) is 5.56 Å². The zero-order valence-electron chi connectivity index (χ0n) is 13.2. The first-order valence-corrected chi connectivity index (χ1v) is 8.28. The summed E-state index contributed by atoms with van der Waals surface area (Å²) in [5.41, 5.74) is 3.54. The van der Waals surface area contributed by atoms with Gasteiger partial charge in [-0.25, -0.2) is 9.78 Å². The molecule has 0 bridgehead atoms. The second kappa shape index (κ2) is 7.72. The van der Waals surface area contributed by atoms with Crippen LogP contribution in [-0.2, 0) is 11.3 Å². The third kappa shape index (κ3) is 4.18. The van der Waals surface area contributed by atoms with Crippen LogP contribution < -0.4 is 10.6 Å². The van der Waals surface area contributed by atoms with Crippen LogP contribution in [0.3, 0.4) is 0 Å². The summed E-state index contributed by atoms with van der Waals surface area (Å²) in [4.78, 5) is 16.3. The minimum absolute atomic E-state index is 0.281. The number of rotatable bonds is 5. The summed E-state index contributed by atoms with van der Waals surface area (Å²) < 4.78 is 5.06. The molecule has 24 heavy (non-hydrogen) atoms. The normalized spacial score (nSPS) is 10.4. The summed E-state index contributed by atoms with van der Waals surface area (Å²) in [6, 6.07) is 14.8. The molecular formula is C18H17N3O2S. The molecule has 2 N–H and O–H groups in total. The summed E-state index contributed by atoms with van der Waals surface area (Å²) in [6.45, 7) is 0.553. The highest BCUT2D eigenvalue weighted by Crippen LogP contribution is 2.23. The molecule has 0 atom stereocenters. The van der Waals surface area contributed by atoms with Gasteiger partial charge in [-0.2, -0.15) is 0 Å². The number of aromatic nitrogens is 1. The highest BCUT2D eigenvalue weighted by Gasteiger charge is 2.04. The Kier molecular flexibility index (Phi) is 5.20. The van der Waals surface area contributed by atoms with E-state index in [0.29, 0.717) is 6.61 Å². The first-order chi connectivity index (χ1) is 11.7. The van der Waals surface area contributed by atoms with Gasteiger partial charge in [0.1, 0.15) is 5.01 Å². The number of methoxy groups -OCH3 is 1. The lowest BCUT2D eigenvalue weighted by atomic mass is 10.2. The Morgan fingerprint density at radius 1 is 1.04 bits per heavy atom. The van der Waals surface area contributed by atoms with Crippen LogP contribution in [0.4, 0.5) is 16.2 Å². The van der Waals surface area contributed by atoms with E-state index in [-0.39, 0.29) is 6.03 Å². The maximum absolute atomic E-state index is 12.0. The number of amides is 2. The average molecular weight is 339 g/mol. The molecule has 0 spiro atoms. The molecule has 2 amide bonds. The lowest BCUT2D eigenvalue weighted by Crippen LogP contribution is -2.19. The van der Waals surface area contributed by atoms with Crippen LogP contribution >= 0.6 is 11.3 Å². The van der Waals surface area contributed by atoms with Gasteiger partial charge >= 0.3 is 6.03 Å². The molecule has 0 saturated carbocycles. The Bertz CT molecular complexity index is 784. The molecule has 5 nitrogen and oxygen atoms in total. The van der Waals surface area contributed by atoms with E-state index in [9.17, 15) is 4.79 Å². The largest absolute Gasteiger partial charge is 0.380 e. The van der Waals surface area contributed by atoms with Crippen molar-refractivity contribution in [2.24, 2.45) is 0 Å². The summed E-state index contributed by atoms with van der Waals surface area (Å²) in [5, 5.41) is 8.51. The molecule has 0 aliphatic rings. The molecule has 3 aromatic rings. The number of benzene rings is 2. The average Bonchev–Trinajstić information content (AvgIpc) is 3.12. The van der Waals surface area contributed by atoms with Crippen molar-refractivity contribution in [2.75, 3.05) is 17.7 Å². The predicted octanol–water partition coefficient (Wildman–Crippen LogP) is 4.60. The van der Waals surface area contributed by atoms with E-state index < -0.39 is 0 Å². The SMILES string of the molecule is COCc1ccc(NC(=O)Nc2ccc(-c3nccs3)cc2)cc1. The van der Waals surface area contributed by atoms with Gasteiger partial charge in [0, 0.05) is 35.6 Å². The van der Waals surface area contributed by atoms with E-state index in [1.165, 1.54) is 0 Å². The van der Waals surface area contributed by atoms with E-state index in [0.717, 1.165) is 27.5 Å². The minimum Gasteiger partial charge on any atom is -0.380 e. The van der Waals surface area contributed by atoms with Crippen LogP contribution in [0.25, 0.3) is 10.6 Å². The number of nitrogens with zero attached hydrogens (tertiary/aromatic N) is 1. The Balaban J connectivity index is 1.58. The van der Waals surface area contributed by atoms with Crippen molar-refractivity contribution in [3.05, 3.63) is 65.7 Å². The number of thiazole rings is 1. The molecule has 2 aromatic carbocycles. The van der Waals surface area contributed by atoms with Crippen molar-refractivity contribution in [3.63, 3.8) is 0 Å². The van der Waals surface area contributed by atoms with E-state index in [2.05, 4.69) is 15.6 Å². The Hall–Kier alpha value is -2.70. The number of hydrogen-bond acceptors (Lipinski definition) is 4. The molecule has 0 fully saturated rings. The summed E-state index contributed by atoms with van der Waals surface area (Å²) >= 11 is 1.58.